The summed E-state index contributed by atoms with van der Waals surface area (Å²) in [5.41, 5.74) is 2.73. The first kappa shape index (κ1) is 14.6. The minimum absolute atomic E-state index is 0.503. The molecule has 2 aromatic rings. The number of rotatable bonds is 3. The second-order valence-electron chi connectivity index (χ2n) is 6.44. The monoisotopic (exact) mass is 302 g/mol. The zero-order valence-corrected chi connectivity index (χ0v) is 13.7. The SMILES string of the molecule is CCC1(C)CCN(c2cc(CCl)c3ccccc3n2)CC1. The van der Waals surface area contributed by atoms with Crippen LogP contribution in [0, 0.1) is 5.41 Å². The molecule has 0 unspecified atom stereocenters. The van der Waals surface area contributed by atoms with E-state index in [1.54, 1.807) is 0 Å². The highest BCUT2D eigenvalue weighted by Gasteiger charge is 2.28. The summed E-state index contributed by atoms with van der Waals surface area (Å²) in [5, 5.41) is 1.17. The number of hydrogen-bond acceptors (Lipinski definition) is 2. The van der Waals surface area contributed by atoms with Gasteiger partial charge in [0.25, 0.3) is 0 Å². The van der Waals surface area contributed by atoms with Crippen LogP contribution in [0.25, 0.3) is 10.9 Å². The quantitative estimate of drug-likeness (QED) is 0.743. The lowest BCUT2D eigenvalue weighted by Crippen LogP contribution is -2.38. The van der Waals surface area contributed by atoms with Crippen LogP contribution in [-0.2, 0) is 5.88 Å². The Kier molecular flexibility index (Phi) is 4.08. The Labute approximate surface area is 132 Å². The summed E-state index contributed by atoms with van der Waals surface area (Å²) in [5.74, 6) is 1.62. The van der Waals surface area contributed by atoms with E-state index in [4.69, 9.17) is 16.6 Å². The van der Waals surface area contributed by atoms with Crippen molar-refractivity contribution in [2.24, 2.45) is 5.41 Å². The van der Waals surface area contributed by atoms with Gasteiger partial charge in [0.2, 0.25) is 0 Å². The molecule has 0 radical (unpaired) electrons. The molecule has 1 aliphatic heterocycles. The maximum Gasteiger partial charge on any atom is 0.129 e. The van der Waals surface area contributed by atoms with Gasteiger partial charge in [-0.1, -0.05) is 38.5 Å². The van der Waals surface area contributed by atoms with Gasteiger partial charge in [-0.3, -0.25) is 0 Å². The van der Waals surface area contributed by atoms with Gasteiger partial charge in [0.1, 0.15) is 5.82 Å². The molecule has 0 amide bonds. The zero-order chi connectivity index (χ0) is 14.9. The number of anilines is 1. The molecule has 0 N–H and O–H groups in total. The third-order valence-electron chi connectivity index (χ3n) is 5.08. The van der Waals surface area contributed by atoms with Gasteiger partial charge < -0.3 is 4.90 Å². The standard InChI is InChI=1S/C18H23ClN2/c1-3-18(2)8-10-21(11-9-18)17-12-14(13-19)15-6-4-5-7-16(15)20-17/h4-7,12H,3,8-11,13H2,1-2H3. The van der Waals surface area contributed by atoms with Crippen molar-refractivity contribution in [2.45, 2.75) is 39.0 Å². The number of alkyl halides is 1. The summed E-state index contributed by atoms with van der Waals surface area (Å²) in [6.45, 7) is 6.90. The Morgan fingerprint density at radius 3 is 2.62 bits per heavy atom. The Morgan fingerprint density at radius 2 is 1.95 bits per heavy atom. The average molecular weight is 303 g/mol. The van der Waals surface area contributed by atoms with Crippen LogP contribution in [0.2, 0.25) is 0 Å². The first-order chi connectivity index (χ1) is 10.1. The minimum Gasteiger partial charge on any atom is -0.357 e. The largest absolute Gasteiger partial charge is 0.357 e. The molecule has 3 rings (SSSR count). The minimum atomic E-state index is 0.503. The van der Waals surface area contributed by atoms with Crippen molar-refractivity contribution in [1.82, 2.24) is 4.98 Å². The molecule has 0 spiro atoms. The summed E-state index contributed by atoms with van der Waals surface area (Å²) in [4.78, 5) is 7.26. The molecule has 0 saturated carbocycles. The molecule has 0 bridgehead atoms. The number of halogens is 1. The van der Waals surface area contributed by atoms with Crippen LogP contribution in [0.5, 0.6) is 0 Å². The van der Waals surface area contributed by atoms with Crippen LogP contribution in [-0.4, -0.2) is 18.1 Å². The van der Waals surface area contributed by atoms with E-state index in [-0.39, 0.29) is 0 Å². The number of pyridine rings is 1. The summed E-state index contributed by atoms with van der Waals surface area (Å²) in [6.07, 6.45) is 3.75. The van der Waals surface area contributed by atoms with Crippen molar-refractivity contribution in [1.29, 1.82) is 0 Å². The van der Waals surface area contributed by atoms with E-state index in [1.165, 1.54) is 30.2 Å². The summed E-state index contributed by atoms with van der Waals surface area (Å²) >= 11 is 6.14. The summed E-state index contributed by atoms with van der Waals surface area (Å²) in [7, 11) is 0. The van der Waals surface area contributed by atoms with Crippen LogP contribution < -0.4 is 4.90 Å². The normalized spacial score (nSPS) is 18.1. The van der Waals surface area contributed by atoms with Gasteiger partial charge in [-0.2, -0.15) is 0 Å². The third-order valence-corrected chi connectivity index (χ3v) is 5.37. The molecular weight excluding hydrogens is 280 g/mol. The average Bonchev–Trinajstić information content (AvgIpc) is 2.54. The molecule has 0 atom stereocenters. The first-order valence-electron chi connectivity index (χ1n) is 7.85. The van der Waals surface area contributed by atoms with Crippen LogP contribution >= 0.6 is 11.6 Å². The molecular formula is C18H23ClN2. The third kappa shape index (κ3) is 2.87. The van der Waals surface area contributed by atoms with E-state index >= 15 is 0 Å². The van der Waals surface area contributed by atoms with E-state index in [1.807, 2.05) is 12.1 Å². The second-order valence-corrected chi connectivity index (χ2v) is 6.71. The highest BCUT2D eigenvalue weighted by Crippen LogP contribution is 2.36. The lowest BCUT2D eigenvalue weighted by atomic mass is 9.78. The van der Waals surface area contributed by atoms with Gasteiger partial charge in [-0.15, -0.1) is 11.6 Å². The molecule has 1 aromatic carbocycles. The van der Waals surface area contributed by atoms with Gasteiger partial charge in [0.15, 0.2) is 0 Å². The van der Waals surface area contributed by atoms with Gasteiger partial charge in [-0.05, 0) is 36.0 Å². The molecule has 0 aliphatic carbocycles. The van der Waals surface area contributed by atoms with E-state index < -0.39 is 0 Å². The van der Waals surface area contributed by atoms with Gasteiger partial charge in [-0.25, -0.2) is 4.98 Å². The number of piperidine rings is 1. The fourth-order valence-corrected chi connectivity index (χ4v) is 3.35. The van der Waals surface area contributed by atoms with Crippen LogP contribution in [0.4, 0.5) is 5.82 Å². The van der Waals surface area contributed by atoms with E-state index in [0.717, 1.165) is 24.4 Å². The lowest BCUT2D eigenvalue weighted by Gasteiger charge is -2.39. The Bertz CT molecular complexity index is 630. The Morgan fingerprint density at radius 1 is 1.24 bits per heavy atom. The number of para-hydroxylation sites is 1. The molecule has 2 nitrogen and oxygen atoms in total. The van der Waals surface area contributed by atoms with Crippen LogP contribution in [0.15, 0.2) is 30.3 Å². The predicted octanol–water partition coefficient (Wildman–Crippen LogP) is 4.99. The number of aromatic nitrogens is 1. The zero-order valence-electron chi connectivity index (χ0n) is 12.9. The molecule has 1 aliphatic rings. The number of benzene rings is 1. The molecule has 1 fully saturated rings. The first-order valence-corrected chi connectivity index (χ1v) is 8.38. The molecule has 1 saturated heterocycles. The van der Waals surface area contributed by atoms with Crippen molar-refractivity contribution in [3.63, 3.8) is 0 Å². The smallest absolute Gasteiger partial charge is 0.129 e. The van der Waals surface area contributed by atoms with Crippen molar-refractivity contribution in [3.05, 3.63) is 35.9 Å². The molecule has 112 valence electrons. The number of nitrogens with zero attached hydrogens (tertiary/aromatic N) is 2. The molecule has 21 heavy (non-hydrogen) atoms. The molecule has 1 aromatic heterocycles. The van der Waals surface area contributed by atoms with Crippen molar-refractivity contribution in [2.75, 3.05) is 18.0 Å². The maximum atomic E-state index is 6.14. The molecule has 2 heterocycles. The van der Waals surface area contributed by atoms with Crippen LogP contribution in [0.3, 0.4) is 0 Å². The van der Waals surface area contributed by atoms with Gasteiger partial charge >= 0.3 is 0 Å². The second kappa shape index (κ2) is 5.84. The van der Waals surface area contributed by atoms with Crippen LogP contribution in [0.1, 0.15) is 38.7 Å². The van der Waals surface area contributed by atoms with Gasteiger partial charge in [0, 0.05) is 24.4 Å². The fourth-order valence-electron chi connectivity index (χ4n) is 3.13. The highest BCUT2D eigenvalue weighted by molar-refractivity contribution is 6.18. The predicted molar refractivity (Wildman–Crippen MR) is 91.1 cm³/mol. The highest BCUT2D eigenvalue weighted by atomic mass is 35.5. The van der Waals surface area contributed by atoms with Crippen molar-refractivity contribution < 1.29 is 0 Å². The number of hydrogen-bond donors (Lipinski definition) is 0. The van der Waals surface area contributed by atoms with Crippen molar-refractivity contribution in [3.8, 4) is 0 Å². The topological polar surface area (TPSA) is 16.1 Å². The van der Waals surface area contributed by atoms with E-state index in [2.05, 4.69) is 36.9 Å². The molecule has 3 heteroatoms. The summed E-state index contributed by atoms with van der Waals surface area (Å²) < 4.78 is 0. The summed E-state index contributed by atoms with van der Waals surface area (Å²) in [6, 6.07) is 10.4. The Balaban J connectivity index is 1.91. The van der Waals surface area contributed by atoms with E-state index in [0.29, 0.717) is 11.3 Å². The maximum absolute atomic E-state index is 6.14. The van der Waals surface area contributed by atoms with Gasteiger partial charge in [0.05, 0.1) is 5.52 Å². The lowest BCUT2D eigenvalue weighted by molar-refractivity contribution is 0.238. The van der Waals surface area contributed by atoms with Crippen molar-refractivity contribution >= 4 is 28.3 Å². The Hall–Kier alpha value is -1.28. The van der Waals surface area contributed by atoms with E-state index in [9.17, 15) is 0 Å². The number of fused-ring (bicyclic) bond motifs is 1. The fraction of sp³-hybridized carbons (Fsp3) is 0.500.